The molecule has 144 valence electrons. The molecule has 0 bridgehead atoms. The number of hydrogen-bond donors (Lipinski definition) is 0. The van der Waals surface area contributed by atoms with Crippen LogP contribution in [0.1, 0.15) is 36.6 Å². The second kappa shape index (κ2) is 7.31. The second-order valence-corrected chi connectivity index (χ2v) is 6.01. The number of aromatic nitrogens is 3. The van der Waals surface area contributed by atoms with Crippen LogP contribution in [-0.4, -0.2) is 27.2 Å². The van der Waals surface area contributed by atoms with Gasteiger partial charge < -0.3 is 4.74 Å². The molecule has 9 heteroatoms. The van der Waals surface area contributed by atoms with Gasteiger partial charge in [-0.05, 0) is 31.5 Å². The van der Waals surface area contributed by atoms with Crippen LogP contribution in [0.15, 0.2) is 36.7 Å². The first-order chi connectivity index (χ1) is 13.3. The van der Waals surface area contributed by atoms with Crippen molar-refractivity contribution in [3.05, 3.63) is 53.5 Å². The summed E-state index contributed by atoms with van der Waals surface area (Å²) >= 11 is 0. The van der Waals surface area contributed by atoms with E-state index in [0.717, 1.165) is 12.1 Å². The molecule has 0 aliphatic rings. The molecular weight excluding hydrogens is 373 g/mol. The fraction of sp³-hybridized carbons (Fsp3) is 0.263. The van der Waals surface area contributed by atoms with Gasteiger partial charge in [-0.3, -0.25) is 4.79 Å². The maximum Gasteiger partial charge on any atom is 0.416 e. The molecule has 6 nitrogen and oxygen atoms in total. The van der Waals surface area contributed by atoms with Gasteiger partial charge in [-0.25, -0.2) is 9.50 Å². The van der Waals surface area contributed by atoms with Gasteiger partial charge in [-0.2, -0.15) is 23.5 Å². The van der Waals surface area contributed by atoms with E-state index in [-0.39, 0.29) is 12.2 Å². The van der Waals surface area contributed by atoms with Gasteiger partial charge in [0.15, 0.2) is 5.65 Å². The summed E-state index contributed by atoms with van der Waals surface area (Å²) in [4.78, 5) is 16.4. The van der Waals surface area contributed by atoms with Gasteiger partial charge in [-0.1, -0.05) is 12.1 Å². The van der Waals surface area contributed by atoms with Crippen LogP contribution in [0, 0.1) is 11.3 Å². The van der Waals surface area contributed by atoms with Gasteiger partial charge in [-0.15, -0.1) is 0 Å². The molecule has 0 fully saturated rings. The number of hydrogen-bond acceptors (Lipinski definition) is 5. The standard InChI is InChI=1S/C19H15F3N4O2/c1-3-28-18(27)11(2)16-13(8-23)9-24-17-15(10-25-26(16)17)12-4-6-14(7-5-12)19(20,21)22/h4-7,9-11H,3H2,1-2H3. The third kappa shape index (κ3) is 3.41. The van der Waals surface area contributed by atoms with Gasteiger partial charge >= 0.3 is 12.1 Å². The van der Waals surface area contributed by atoms with Crippen LogP contribution in [0.5, 0.6) is 0 Å². The van der Waals surface area contributed by atoms with E-state index in [4.69, 9.17) is 4.74 Å². The largest absolute Gasteiger partial charge is 0.465 e. The molecule has 0 aliphatic heterocycles. The number of esters is 1. The maximum absolute atomic E-state index is 12.8. The molecule has 28 heavy (non-hydrogen) atoms. The molecule has 0 spiro atoms. The highest BCUT2D eigenvalue weighted by Crippen LogP contribution is 2.32. The number of fused-ring (bicyclic) bond motifs is 1. The summed E-state index contributed by atoms with van der Waals surface area (Å²) in [6.07, 6.45) is -1.68. The highest BCUT2D eigenvalue weighted by atomic mass is 19.4. The summed E-state index contributed by atoms with van der Waals surface area (Å²) in [5.41, 5.74) is 0.999. The molecule has 2 aromatic heterocycles. The van der Waals surface area contributed by atoms with Crippen molar-refractivity contribution in [2.45, 2.75) is 25.9 Å². The van der Waals surface area contributed by atoms with E-state index in [1.165, 1.54) is 29.0 Å². The number of rotatable bonds is 4. The molecule has 0 radical (unpaired) electrons. The minimum absolute atomic E-state index is 0.162. The maximum atomic E-state index is 12.8. The Bertz CT molecular complexity index is 1070. The molecule has 3 rings (SSSR count). The first kappa shape index (κ1) is 19.4. The zero-order valence-electron chi connectivity index (χ0n) is 15.0. The Hall–Kier alpha value is -3.41. The zero-order valence-corrected chi connectivity index (χ0v) is 15.0. The predicted octanol–water partition coefficient (Wildman–Crippen LogP) is 3.95. The number of alkyl halides is 3. The SMILES string of the molecule is CCOC(=O)C(C)c1c(C#N)cnc2c(-c3ccc(C(F)(F)F)cc3)cnn12. The summed E-state index contributed by atoms with van der Waals surface area (Å²) in [5.74, 6) is -1.29. The molecule has 0 aliphatic carbocycles. The van der Waals surface area contributed by atoms with E-state index in [0.29, 0.717) is 22.5 Å². The minimum atomic E-state index is -4.43. The van der Waals surface area contributed by atoms with Crippen molar-refractivity contribution < 1.29 is 22.7 Å². The first-order valence-corrected chi connectivity index (χ1v) is 8.39. The van der Waals surface area contributed by atoms with Crippen LogP contribution in [-0.2, 0) is 15.7 Å². The number of ether oxygens (including phenoxy) is 1. The molecular formula is C19H15F3N4O2. The average Bonchev–Trinajstić information content (AvgIpc) is 3.10. The van der Waals surface area contributed by atoms with Crippen molar-refractivity contribution in [1.29, 1.82) is 5.26 Å². The van der Waals surface area contributed by atoms with E-state index < -0.39 is 23.6 Å². The quantitative estimate of drug-likeness (QED) is 0.632. The average molecular weight is 388 g/mol. The summed E-state index contributed by atoms with van der Waals surface area (Å²) in [7, 11) is 0. The van der Waals surface area contributed by atoms with Crippen LogP contribution in [0.25, 0.3) is 16.8 Å². The fourth-order valence-corrected chi connectivity index (χ4v) is 2.87. The smallest absolute Gasteiger partial charge is 0.416 e. The summed E-state index contributed by atoms with van der Waals surface area (Å²) in [5, 5.41) is 13.6. The van der Waals surface area contributed by atoms with Crippen LogP contribution < -0.4 is 0 Å². The Kier molecular flexibility index (Phi) is 5.05. The van der Waals surface area contributed by atoms with Gasteiger partial charge in [0.25, 0.3) is 0 Å². The van der Waals surface area contributed by atoms with Gasteiger partial charge in [0.2, 0.25) is 0 Å². The van der Waals surface area contributed by atoms with Gasteiger partial charge in [0.1, 0.15) is 6.07 Å². The highest BCUT2D eigenvalue weighted by molar-refractivity contribution is 5.81. The van der Waals surface area contributed by atoms with E-state index >= 15 is 0 Å². The topological polar surface area (TPSA) is 80.3 Å². The lowest BCUT2D eigenvalue weighted by atomic mass is 10.0. The highest BCUT2D eigenvalue weighted by Gasteiger charge is 2.30. The molecule has 0 amide bonds. The van der Waals surface area contributed by atoms with Crippen molar-refractivity contribution in [3.8, 4) is 17.2 Å². The summed E-state index contributed by atoms with van der Waals surface area (Å²) in [6.45, 7) is 3.46. The molecule has 0 N–H and O–H groups in total. The zero-order chi connectivity index (χ0) is 20.5. The van der Waals surface area contributed by atoms with Crippen LogP contribution in [0.4, 0.5) is 13.2 Å². The monoisotopic (exact) mass is 388 g/mol. The van der Waals surface area contributed by atoms with E-state index in [9.17, 15) is 23.2 Å². The number of nitriles is 1. The molecule has 1 atom stereocenters. The van der Waals surface area contributed by atoms with Crippen molar-refractivity contribution >= 4 is 11.6 Å². The Balaban J connectivity index is 2.12. The number of halogens is 3. The van der Waals surface area contributed by atoms with E-state index in [2.05, 4.69) is 10.1 Å². The Morgan fingerprint density at radius 1 is 1.29 bits per heavy atom. The number of nitrogens with zero attached hydrogens (tertiary/aromatic N) is 4. The van der Waals surface area contributed by atoms with Crippen molar-refractivity contribution in [1.82, 2.24) is 14.6 Å². The normalized spacial score (nSPS) is 12.6. The second-order valence-electron chi connectivity index (χ2n) is 6.01. The molecule has 3 aromatic rings. The third-order valence-corrected chi connectivity index (χ3v) is 4.26. The number of benzene rings is 1. The Morgan fingerprint density at radius 2 is 1.96 bits per heavy atom. The van der Waals surface area contributed by atoms with Gasteiger partial charge in [0.05, 0.1) is 35.5 Å². The van der Waals surface area contributed by atoms with Gasteiger partial charge in [0, 0.05) is 11.8 Å². The lowest BCUT2D eigenvalue weighted by Gasteiger charge is -2.13. The molecule has 1 unspecified atom stereocenters. The van der Waals surface area contributed by atoms with Crippen LogP contribution >= 0.6 is 0 Å². The lowest BCUT2D eigenvalue weighted by Crippen LogP contribution is -2.18. The Labute approximate surface area is 158 Å². The Morgan fingerprint density at radius 3 is 2.54 bits per heavy atom. The molecule has 0 saturated carbocycles. The molecule has 1 aromatic carbocycles. The minimum Gasteiger partial charge on any atom is -0.465 e. The predicted molar refractivity (Wildman–Crippen MR) is 93.2 cm³/mol. The summed E-state index contributed by atoms with van der Waals surface area (Å²) in [6, 6.07) is 6.59. The van der Waals surface area contributed by atoms with Crippen molar-refractivity contribution in [2.24, 2.45) is 0 Å². The lowest BCUT2D eigenvalue weighted by molar-refractivity contribution is -0.144. The number of carbonyl (C=O) groups is 1. The first-order valence-electron chi connectivity index (χ1n) is 8.39. The molecule has 2 heterocycles. The van der Waals surface area contributed by atoms with E-state index in [1.54, 1.807) is 13.8 Å². The fourth-order valence-electron chi connectivity index (χ4n) is 2.87. The van der Waals surface area contributed by atoms with Crippen LogP contribution in [0.3, 0.4) is 0 Å². The van der Waals surface area contributed by atoms with Crippen molar-refractivity contribution in [3.63, 3.8) is 0 Å². The summed E-state index contributed by atoms with van der Waals surface area (Å²) < 4.78 is 44.7. The van der Waals surface area contributed by atoms with E-state index in [1.807, 2.05) is 6.07 Å². The number of carbonyl (C=O) groups excluding carboxylic acids is 1. The molecule has 0 saturated heterocycles. The van der Waals surface area contributed by atoms with Crippen molar-refractivity contribution in [2.75, 3.05) is 6.61 Å². The third-order valence-electron chi connectivity index (χ3n) is 4.26. The van der Waals surface area contributed by atoms with Crippen LogP contribution in [0.2, 0.25) is 0 Å².